The van der Waals surface area contributed by atoms with E-state index < -0.39 is 11.6 Å². The Morgan fingerprint density at radius 3 is 2.44 bits per heavy atom. The Morgan fingerprint density at radius 2 is 1.70 bits per heavy atom. The maximum Gasteiger partial charge on any atom is 0.162 e. The van der Waals surface area contributed by atoms with Crippen LogP contribution in [0.5, 0.6) is 11.5 Å². The van der Waals surface area contributed by atoms with Crippen molar-refractivity contribution in [3.63, 3.8) is 0 Å². The van der Waals surface area contributed by atoms with Gasteiger partial charge in [0.05, 0.1) is 32.3 Å². The summed E-state index contributed by atoms with van der Waals surface area (Å²) in [6.07, 6.45) is 3.17. The highest BCUT2D eigenvalue weighted by molar-refractivity contribution is 5.77. The Labute approximate surface area is 153 Å². The van der Waals surface area contributed by atoms with E-state index in [0.29, 0.717) is 28.1 Å². The number of hydrogen-bond donors (Lipinski definition) is 0. The van der Waals surface area contributed by atoms with Crippen molar-refractivity contribution in [1.82, 2.24) is 19.7 Å². The normalized spacial score (nSPS) is 11.0. The zero-order valence-electron chi connectivity index (χ0n) is 14.5. The highest BCUT2D eigenvalue weighted by Crippen LogP contribution is 2.30. The van der Waals surface area contributed by atoms with E-state index in [-0.39, 0.29) is 5.82 Å². The Balaban J connectivity index is 1.78. The smallest absolute Gasteiger partial charge is 0.162 e. The number of aromatic nitrogens is 4. The Hall–Kier alpha value is -3.55. The maximum atomic E-state index is 13.5. The first-order valence-corrected chi connectivity index (χ1v) is 7.99. The minimum atomic E-state index is -0.947. The van der Waals surface area contributed by atoms with Crippen LogP contribution in [0, 0.1) is 11.6 Å². The molecule has 0 amide bonds. The molecule has 0 bridgehead atoms. The van der Waals surface area contributed by atoms with Crippen LogP contribution in [0.25, 0.3) is 28.1 Å². The van der Waals surface area contributed by atoms with Crippen LogP contribution in [0.2, 0.25) is 0 Å². The number of hydrogen-bond acceptors (Lipinski definition) is 5. The standard InChI is InChI=1S/C19H14F2N4O2/c1-26-17-6-4-12(8-18(17)27-2)25-16-10-22-19(24-15(16)9-23-25)11-3-5-13(20)14(21)7-11/h3-10H,1-2H3. The van der Waals surface area contributed by atoms with Crippen LogP contribution >= 0.6 is 0 Å². The fourth-order valence-electron chi connectivity index (χ4n) is 2.76. The summed E-state index contributed by atoms with van der Waals surface area (Å²) in [6, 6.07) is 8.93. The number of fused-ring (bicyclic) bond motifs is 1. The van der Waals surface area contributed by atoms with Crippen LogP contribution in [-0.2, 0) is 0 Å². The Morgan fingerprint density at radius 1 is 0.889 bits per heavy atom. The van der Waals surface area contributed by atoms with Gasteiger partial charge in [-0.1, -0.05) is 0 Å². The average Bonchev–Trinajstić information content (AvgIpc) is 3.12. The Kier molecular flexibility index (Phi) is 4.15. The molecule has 8 heteroatoms. The number of nitrogens with zero attached hydrogens (tertiary/aromatic N) is 4. The van der Waals surface area contributed by atoms with E-state index in [1.165, 1.54) is 6.07 Å². The van der Waals surface area contributed by atoms with Gasteiger partial charge in [-0.3, -0.25) is 0 Å². The monoisotopic (exact) mass is 368 g/mol. The summed E-state index contributed by atoms with van der Waals surface area (Å²) in [5.74, 6) is -0.404. The minimum Gasteiger partial charge on any atom is -0.493 e. The highest BCUT2D eigenvalue weighted by Gasteiger charge is 2.13. The molecule has 4 aromatic rings. The third kappa shape index (κ3) is 2.95. The van der Waals surface area contributed by atoms with Gasteiger partial charge >= 0.3 is 0 Å². The van der Waals surface area contributed by atoms with Crippen molar-refractivity contribution in [2.24, 2.45) is 0 Å². The topological polar surface area (TPSA) is 62.1 Å². The number of benzene rings is 2. The first-order valence-electron chi connectivity index (χ1n) is 7.99. The minimum absolute atomic E-state index is 0.285. The van der Waals surface area contributed by atoms with Crippen LogP contribution < -0.4 is 9.47 Å². The molecule has 0 aliphatic carbocycles. The zero-order chi connectivity index (χ0) is 19.0. The van der Waals surface area contributed by atoms with Gasteiger partial charge < -0.3 is 9.47 Å². The number of halogens is 2. The van der Waals surface area contributed by atoms with Crippen molar-refractivity contribution in [2.75, 3.05) is 14.2 Å². The van der Waals surface area contributed by atoms with E-state index >= 15 is 0 Å². The van der Waals surface area contributed by atoms with Crippen LogP contribution in [0.15, 0.2) is 48.8 Å². The molecule has 0 aliphatic heterocycles. The molecule has 2 aromatic heterocycles. The zero-order valence-corrected chi connectivity index (χ0v) is 14.5. The predicted octanol–water partition coefficient (Wildman–Crippen LogP) is 3.78. The van der Waals surface area contributed by atoms with Crippen molar-refractivity contribution < 1.29 is 18.3 Å². The maximum absolute atomic E-state index is 13.5. The van der Waals surface area contributed by atoms with Crippen molar-refractivity contribution in [3.8, 4) is 28.6 Å². The number of methoxy groups -OCH3 is 2. The van der Waals surface area contributed by atoms with Gasteiger partial charge in [-0.25, -0.2) is 23.4 Å². The van der Waals surface area contributed by atoms with E-state index in [4.69, 9.17) is 9.47 Å². The largest absolute Gasteiger partial charge is 0.493 e. The van der Waals surface area contributed by atoms with Gasteiger partial charge in [-0.05, 0) is 30.3 Å². The summed E-state index contributed by atoms with van der Waals surface area (Å²) >= 11 is 0. The van der Waals surface area contributed by atoms with E-state index in [1.807, 2.05) is 6.07 Å². The molecule has 2 aromatic carbocycles. The number of ether oxygens (including phenoxy) is 2. The van der Waals surface area contributed by atoms with E-state index in [2.05, 4.69) is 15.1 Å². The third-order valence-electron chi connectivity index (χ3n) is 4.11. The molecular weight excluding hydrogens is 354 g/mol. The molecule has 0 radical (unpaired) electrons. The van der Waals surface area contributed by atoms with Gasteiger partial charge in [0.25, 0.3) is 0 Å². The lowest BCUT2D eigenvalue weighted by Crippen LogP contribution is -1.99. The first-order chi connectivity index (χ1) is 13.1. The molecule has 0 atom stereocenters. The van der Waals surface area contributed by atoms with Crippen molar-refractivity contribution in [2.45, 2.75) is 0 Å². The summed E-state index contributed by atoms with van der Waals surface area (Å²) in [5, 5.41) is 4.35. The molecule has 0 N–H and O–H groups in total. The van der Waals surface area contributed by atoms with Gasteiger partial charge in [0.15, 0.2) is 29.0 Å². The van der Waals surface area contributed by atoms with Gasteiger partial charge in [-0.2, -0.15) is 5.10 Å². The summed E-state index contributed by atoms with van der Waals surface area (Å²) in [6.45, 7) is 0. The number of rotatable bonds is 4. The lowest BCUT2D eigenvalue weighted by molar-refractivity contribution is 0.355. The fraction of sp³-hybridized carbons (Fsp3) is 0.105. The fourth-order valence-corrected chi connectivity index (χ4v) is 2.76. The second kappa shape index (κ2) is 6.64. The molecule has 4 rings (SSSR count). The molecule has 136 valence electrons. The lowest BCUT2D eigenvalue weighted by atomic mass is 10.2. The van der Waals surface area contributed by atoms with Crippen LogP contribution in [0.4, 0.5) is 8.78 Å². The molecule has 27 heavy (non-hydrogen) atoms. The third-order valence-corrected chi connectivity index (χ3v) is 4.11. The second-order valence-electron chi connectivity index (χ2n) is 5.69. The van der Waals surface area contributed by atoms with Gasteiger partial charge in [0, 0.05) is 11.6 Å². The molecule has 0 saturated carbocycles. The molecule has 0 spiro atoms. The van der Waals surface area contributed by atoms with Crippen molar-refractivity contribution >= 4 is 11.0 Å². The summed E-state index contributed by atoms with van der Waals surface area (Å²) in [4.78, 5) is 8.66. The quantitative estimate of drug-likeness (QED) is 0.549. The van der Waals surface area contributed by atoms with Crippen molar-refractivity contribution in [3.05, 3.63) is 60.4 Å². The predicted molar refractivity (Wildman–Crippen MR) is 95.1 cm³/mol. The SMILES string of the molecule is COc1ccc(-n2ncc3nc(-c4ccc(F)c(F)c4)ncc32)cc1OC. The highest BCUT2D eigenvalue weighted by atomic mass is 19.2. The van der Waals surface area contributed by atoms with E-state index in [0.717, 1.165) is 17.8 Å². The Bertz CT molecular complexity index is 1140. The summed E-state index contributed by atoms with van der Waals surface area (Å²) < 4.78 is 38.8. The lowest BCUT2D eigenvalue weighted by Gasteiger charge is -2.10. The van der Waals surface area contributed by atoms with E-state index in [9.17, 15) is 8.78 Å². The molecule has 0 unspecified atom stereocenters. The molecule has 6 nitrogen and oxygen atoms in total. The van der Waals surface area contributed by atoms with Gasteiger partial charge in [-0.15, -0.1) is 0 Å². The van der Waals surface area contributed by atoms with Gasteiger partial charge in [0.2, 0.25) is 0 Å². The average molecular weight is 368 g/mol. The molecular formula is C19H14F2N4O2. The van der Waals surface area contributed by atoms with Gasteiger partial charge in [0.1, 0.15) is 11.0 Å². The van der Waals surface area contributed by atoms with Crippen LogP contribution in [0.1, 0.15) is 0 Å². The van der Waals surface area contributed by atoms with Crippen molar-refractivity contribution in [1.29, 1.82) is 0 Å². The summed E-state index contributed by atoms with van der Waals surface area (Å²) in [5.41, 5.74) is 2.36. The van der Waals surface area contributed by atoms with E-state index in [1.54, 1.807) is 43.4 Å². The molecule has 0 saturated heterocycles. The molecule has 2 heterocycles. The first kappa shape index (κ1) is 16.9. The molecule has 0 aliphatic rings. The summed E-state index contributed by atoms with van der Waals surface area (Å²) in [7, 11) is 3.12. The molecule has 0 fully saturated rings. The second-order valence-corrected chi connectivity index (χ2v) is 5.69. The van der Waals surface area contributed by atoms with Crippen LogP contribution in [0.3, 0.4) is 0 Å². The van der Waals surface area contributed by atoms with Crippen LogP contribution in [-0.4, -0.2) is 34.0 Å².